The number of carboxylic acid groups (broad SMARTS) is 1. The first-order chi connectivity index (χ1) is 9.94. The summed E-state index contributed by atoms with van der Waals surface area (Å²) in [5.74, 6) is -0.502. The molecule has 2 aromatic rings. The number of aliphatic carboxylic acids is 1. The van der Waals surface area contributed by atoms with Crippen LogP contribution in [0.25, 0.3) is 11.4 Å². The van der Waals surface area contributed by atoms with Crippen LogP contribution in [0.4, 0.5) is 0 Å². The summed E-state index contributed by atoms with van der Waals surface area (Å²) in [6.45, 7) is 3.64. The van der Waals surface area contributed by atoms with Gasteiger partial charge in [0.1, 0.15) is 0 Å². The van der Waals surface area contributed by atoms with E-state index in [2.05, 4.69) is 47.4 Å². The van der Waals surface area contributed by atoms with E-state index in [-0.39, 0.29) is 0 Å². The lowest BCUT2D eigenvalue weighted by Gasteiger charge is -2.27. The molecule has 0 saturated carbocycles. The van der Waals surface area contributed by atoms with E-state index in [9.17, 15) is 9.90 Å². The number of nitrogens with zero attached hydrogens (tertiary/aromatic N) is 4. The van der Waals surface area contributed by atoms with Crippen molar-refractivity contribution in [3.05, 3.63) is 27.1 Å². The van der Waals surface area contributed by atoms with E-state index in [4.69, 9.17) is 0 Å². The second-order valence-electron chi connectivity index (χ2n) is 4.62. The number of carbonyl (C=O) groups is 1. The molecule has 0 unspecified atom stereocenters. The number of aromatic nitrogens is 4. The van der Waals surface area contributed by atoms with Crippen LogP contribution >= 0.6 is 31.9 Å². The summed E-state index contributed by atoms with van der Waals surface area (Å²) >= 11 is 6.82. The lowest BCUT2D eigenvalue weighted by molar-refractivity contribution is -0.148. The molecule has 0 radical (unpaired) electrons. The Morgan fingerprint density at radius 3 is 2.29 bits per heavy atom. The molecule has 0 spiro atoms. The Morgan fingerprint density at radius 2 is 1.81 bits per heavy atom. The zero-order valence-corrected chi connectivity index (χ0v) is 14.7. The van der Waals surface area contributed by atoms with Crippen molar-refractivity contribution in [3.8, 4) is 11.4 Å². The first-order valence-corrected chi connectivity index (χ1v) is 8.02. The second-order valence-corrected chi connectivity index (χ2v) is 6.45. The van der Waals surface area contributed by atoms with Crippen LogP contribution in [-0.4, -0.2) is 31.3 Å². The molecule has 0 bridgehead atoms. The van der Waals surface area contributed by atoms with Gasteiger partial charge in [0.15, 0.2) is 11.4 Å². The van der Waals surface area contributed by atoms with E-state index in [1.807, 2.05) is 32.0 Å². The van der Waals surface area contributed by atoms with Crippen molar-refractivity contribution >= 4 is 37.8 Å². The Morgan fingerprint density at radius 1 is 1.24 bits per heavy atom. The number of halogens is 2. The van der Waals surface area contributed by atoms with Gasteiger partial charge in [-0.05, 0) is 41.5 Å². The van der Waals surface area contributed by atoms with E-state index in [1.54, 1.807) is 0 Å². The minimum atomic E-state index is -1.15. The summed E-state index contributed by atoms with van der Waals surface area (Å²) in [4.78, 5) is 11.8. The molecule has 8 heteroatoms. The maximum absolute atomic E-state index is 11.8. The van der Waals surface area contributed by atoms with Gasteiger partial charge in [0.25, 0.3) is 0 Å². The number of benzene rings is 1. The molecular weight excluding hydrogens is 404 g/mol. The van der Waals surface area contributed by atoms with Crippen molar-refractivity contribution in [2.75, 3.05) is 0 Å². The van der Waals surface area contributed by atoms with Crippen molar-refractivity contribution < 1.29 is 9.90 Å². The smallest absolute Gasteiger partial charge is 0.331 e. The third-order valence-electron chi connectivity index (χ3n) is 3.56. The lowest BCUT2D eigenvalue weighted by Crippen LogP contribution is -2.42. The van der Waals surface area contributed by atoms with Crippen molar-refractivity contribution in [2.24, 2.45) is 0 Å². The first kappa shape index (κ1) is 16.1. The zero-order valence-electron chi connectivity index (χ0n) is 11.5. The van der Waals surface area contributed by atoms with Crippen molar-refractivity contribution in [2.45, 2.75) is 32.2 Å². The average molecular weight is 418 g/mol. The monoisotopic (exact) mass is 416 g/mol. The van der Waals surface area contributed by atoms with Crippen LogP contribution in [0.1, 0.15) is 26.7 Å². The van der Waals surface area contributed by atoms with Gasteiger partial charge < -0.3 is 5.11 Å². The number of rotatable bonds is 5. The summed E-state index contributed by atoms with van der Waals surface area (Å²) in [5.41, 5.74) is -0.401. The van der Waals surface area contributed by atoms with Crippen LogP contribution in [0.2, 0.25) is 0 Å². The predicted octanol–water partition coefficient (Wildman–Crippen LogP) is 3.47. The Balaban J connectivity index is 2.64. The van der Waals surface area contributed by atoms with Crippen LogP contribution in [0.5, 0.6) is 0 Å². The van der Waals surface area contributed by atoms with Crippen LogP contribution in [0.15, 0.2) is 27.1 Å². The van der Waals surface area contributed by atoms with E-state index in [0.29, 0.717) is 18.7 Å². The maximum Gasteiger partial charge on any atom is 0.331 e. The van der Waals surface area contributed by atoms with E-state index in [0.717, 1.165) is 14.5 Å². The number of hydrogen-bond donors (Lipinski definition) is 1. The van der Waals surface area contributed by atoms with Gasteiger partial charge in [-0.1, -0.05) is 45.7 Å². The molecular formula is C13H14Br2N4O2. The average Bonchev–Trinajstić information content (AvgIpc) is 2.89. The molecule has 2 rings (SSSR count). The Hall–Kier alpha value is -1.28. The van der Waals surface area contributed by atoms with Crippen LogP contribution < -0.4 is 0 Å². The van der Waals surface area contributed by atoms with Gasteiger partial charge in [0.2, 0.25) is 0 Å². The van der Waals surface area contributed by atoms with Crippen LogP contribution in [0, 0.1) is 0 Å². The fourth-order valence-electron chi connectivity index (χ4n) is 2.28. The fourth-order valence-corrected chi connectivity index (χ4v) is 3.57. The summed E-state index contributed by atoms with van der Waals surface area (Å²) in [7, 11) is 0. The Labute approximate surface area is 138 Å². The minimum absolute atomic E-state index is 0.395. The molecule has 1 aromatic carbocycles. The molecule has 1 aromatic heterocycles. The largest absolute Gasteiger partial charge is 0.479 e. The molecule has 21 heavy (non-hydrogen) atoms. The zero-order chi connectivity index (χ0) is 15.6. The first-order valence-electron chi connectivity index (χ1n) is 6.43. The van der Waals surface area contributed by atoms with Crippen molar-refractivity contribution in [1.82, 2.24) is 20.2 Å². The van der Waals surface area contributed by atoms with E-state index >= 15 is 0 Å². The predicted molar refractivity (Wildman–Crippen MR) is 84.8 cm³/mol. The molecule has 0 fully saturated rings. The fraction of sp³-hybridized carbons (Fsp3) is 0.385. The van der Waals surface area contributed by atoms with Gasteiger partial charge >= 0.3 is 5.97 Å². The highest BCUT2D eigenvalue weighted by Gasteiger charge is 2.40. The highest BCUT2D eigenvalue weighted by Crippen LogP contribution is 2.32. The third-order valence-corrected chi connectivity index (χ3v) is 4.48. The summed E-state index contributed by atoms with van der Waals surface area (Å²) in [6.07, 6.45) is 0.790. The van der Waals surface area contributed by atoms with Crippen LogP contribution in [0.3, 0.4) is 0 Å². The highest BCUT2D eigenvalue weighted by molar-refractivity contribution is 9.11. The van der Waals surface area contributed by atoms with Crippen molar-refractivity contribution in [1.29, 1.82) is 0 Å². The quantitative estimate of drug-likeness (QED) is 0.805. The van der Waals surface area contributed by atoms with Gasteiger partial charge in [-0.25, -0.2) is 9.48 Å². The van der Waals surface area contributed by atoms with Gasteiger partial charge in [-0.2, -0.15) is 0 Å². The van der Waals surface area contributed by atoms with Gasteiger partial charge in [-0.15, -0.1) is 5.10 Å². The topological polar surface area (TPSA) is 80.9 Å². The summed E-state index contributed by atoms with van der Waals surface area (Å²) in [6, 6.07) is 5.59. The number of hydrogen-bond acceptors (Lipinski definition) is 4. The molecule has 0 aliphatic heterocycles. The molecule has 6 nitrogen and oxygen atoms in total. The number of carboxylic acids is 1. The summed E-state index contributed by atoms with van der Waals surface area (Å²) in [5, 5.41) is 21.3. The maximum atomic E-state index is 11.8. The molecule has 0 amide bonds. The molecule has 0 aliphatic carbocycles. The Kier molecular flexibility index (Phi) is 4.77. The second kappa shape index (κ2) is 6.23. The minimum Gasteiger partial charge on any atom is -0.479 e. The van der Waals surface area contributed by atoms with Crippen LogP contribution in [-0.2, 0) is 10.3 Å². The van der Waals surface area contributed by atoms with E-state index in [1.165, 1.54) is 4.68 Å². The molecule has 0 atom stereocenters. The standard InChI is InChI=1S/C13H14Br2N4O2/c1-3-13(4-2,12(20)21)19-11(16-17-18-19)8-5-9(14)7-10(15)6-8/h5-7H,3-4H2,1-2H3,(H,20,21). The molecule has 1 N–H and O–H groups in total. The molecule has 1 heterocycles. The van der Waals surface area contributed by atoms with Gasteiger partial charge in [0, 0.05) is 14.5 Å². The molecule has 0 aliphatic rings. The number of tetrazole rings is 1. The lowest BCUT2D eigenvalue weighted by atomic mass is 9.92. The van der Waals surface area contributed by atoms with Gasteiger partial charge in [0.05, 0.1) is 0 Å². The summed E-state index contributed by atoms with van der Waals surface area (Å²) < 4.78 is 3.12. The van der Waals surface area contributed by atoms with Gasteiger partial charge in [-0.3, -0.25) is 0 Å². The van der Waals surface area contributed by atoms with Crippen molar-refractivity contribution in [3.63, 3.8) is 0 Å². The third kappa shape index (κ3) is 2.87. The van der Waals surface area contributed by atoms with E-state index < -0.39 is 11.5 Å². The normalized spacial score (nSPS) is 11.6. The Bertz CT molecular complexity index is 648. The molecule has 0 saturated heterocycles. The SMILES string of the molecule is CCC(CC)(C(=O)O)n1nnnc1-c1cc(Br)cc(Br)c1. The molecule has 112 valence electrons. The highest BCUT2D eigenvalue weighted by atomic mass is 79.9.